The number of nitrogens with zero attached hydrogens (tertiary/aromatic N) is 3. The standard InChI is InChI=1S/C15H15N5O2S/c1-10-18-12-3-2-11(8-13(12)23-10)19-14(21)4-5-17-15(22)20-7-6-16-9-20/h2-3,6-9H,4-5H2,1H3,(H,17,22)(H,19,21). The summed E-state index contributed by atoms with van der Waals surface area (Å²) in [6.07, 6.45) is 4.66. The van der Waals surface area contributed by atoms with Gasteiger partial charge in [0.25, 0.3) is 0 Å². The first-order valence-electron chi connectivity index (χ1n) is 7.05. The maximum atomic E-state index is 11.9. The highest BCUT2D eigenvalue weighted by molar-refractivity contribution is 7.18. The Labute approximate surface area is 136 Å². The van der Waals surface area contributed by atoms with E-state index in [9.17, 15) is 9.59 Å². The fraction of sp³-hybridized carbons (Fsp3) is 0.200. The molecule has 0 atom stereocenters. The fourth-order valence-corrected chi connectivity index (χ4v) is 2.96. The molecule has 8 heteroatoms. The summed E-state index contributed by atoms with van der Waals surface area (Å²) in [4.78, 5) is 31.8. The summed E-state index contributed by atoms with van der Waals surface area (Å²) in [5.74, 6) is -0.156. The number of hydrogen-bond donors (Lipinski definition) is 2. The number of carbonyl (C=O) groups excluding carboxylic acids is 2. The van der Waals surface area contributed by atoms with Crippen LogP contribution in [0.25, 0.3) is 10.2 Å². The Balaban J connectivity index is 1.51. The van der Waals surface area contributed by atoms with Crippen LogP contribution in [0.1, 0.15) is 11.4 Å². The van der Waals surface area contributed by atoms with E-state index in [0.29, 0.717) is 0 Å². The van der Waals surface area contributed by atoms with Crippen LogP contribution in [0.15, 0.2) is 36.9 Å². The number of aryl methyl sites for hydroxylation is 1. The minimum absolute atomic E-state index is 0.156. The van der Waals surface area contributed by atoms with Crippen molar-refractivity contribution in [2.24, 2.45) is 0 Å². The lowest BCUT2D eigenvalue weighted by Crippen LogP contribution is -2.30. The minimum Gasteiger partial charge on any atom is -0.337 e. The normalized spacial score (nSPS) is 10.7. The third-order valence-electron chi connectivity index (χ3n) is 3.15. The first-order valence-corrected chi connectivity index (χ1v) is 7.87. The molecular formula is C15H15N5O2S. The highest BCUT2D eigenvalue weighted by Gasteiger charge is 2.07. The Morgan fingerprint density at radius 2 is 2.22 bits per heavy atom. The molecule has 0 aliphatic carbocycles. The van der Waals surface area contributed by atoms with E-state index in [0.717, 1.165) is 20.9 Å². The van der Waals surface area contributed by atoms with Gasteiger partial charge in [-0.05, 0) is 25.1 Å². The number of thiazole rings is 1. The first-order chi connectivity index (χ1) is 11.1. The topological polar surface area (TPSA) is 88.9 Å². The molecule has 7 nitrogen and oxygen atoms in total. The van der Waals surface area contributed by atoms with Crippen LogP contribution in [0.5, 0.6) is 0 Å². The first kappa shape index (κ1) is 15.2. The van der Waals surface area contributed by atoms with Gasteiger partial charge in [-0.15, -0.1) is 11.3 Å². The summed E-state index contributed by atoms with van der Waals surface area (Å²) in [5.41, 5.74) is 1.66. The fourth-order valence-electron chi connectivity index (χ4n) is 2.09. The molecule has 2 amide bonds. The molecule has 2 heterocycles. The number of rotatable bonds is 4. The molecule has 1 aromatic carbocycles. The van der Waals surface area contributed by atoms with Crippen molar-refractivity contribution in [3.8, 4) is 0 Å². The molecule has 2 aromatic heterocycles. The molecule has 0 aliphatic heterocycles. The predicted octanol–water partition coefficient (Wildman–Crippen LogP) is 2.39. The SMILES string of the molecule is Cc1nc2ccc(NC(=O)CCNC(=O)n3ccnc3)cc2s1. The summed E-state index contributed by atoms with van der Waals surface area (Å²) in [7, 11) is 0. The van der Waals surface area contributed by atoms with E-state index < -0.39 is 0 Å². The zero-order valence-corrected chi connectivity index (χ0v) is 13.3. The van der Waals surface area contributed by atoms with Crippen LogP contribution in [0.3, 0.4) is 0 Å². The van der Waals surface area contributed by atoms with Gasteiger partial charge < -0.3 is 10.6 Å². The van der Waals surface area contributed by atoms with Gasteiger partial charge in [-0.3, -0.25) is 9.36 Å². The van der Waals surface area contributed by atoms with E-state index in [4.69, 9.17) is 0 Å². The van der Waals surface area contributed by atoms with Crippen LogP contribution >= 0.6 is 11.3 Å². The molecule has 0 fully saturated rings. The maximum Gasteiger partial charge on any atom is 0.326 e. The molecule has 0 aliphatic rings. The van der Waals surface area contributed by atoms with E-state index in [1.54, 1.807) is 17.5 Å². The van der Waals surface area contributed by atoms with Gasteiger partial charge in [0.1, 0.15) is 6.33 Å². The highest BCUT2D eigenvalue weighted by atomic mass is 32.1. The third-order valence-corrected chi connectivity index (χ3v) is 4.08. The molecule has 118 valence electrons. The van der Waals surface area contributed by atoms with Crippen molar-refractivity contribution in [3.63, 3.8) is 0 Å². The number of amides is 2. The Morgan fingerprint density at radius 1 is 1.35 bits per heavy atom. The smallest absolute Gasteiger partial charge is 0.326 e. The van der Waals surface area contributed by atoms with Gasteiger partial charge in [0.15, 0.2) is 0 Å². The van der Waals surface area contributed by atoms with Crippen molar-refractivity contribution in [2.45, 2.75) is 13.3 Å². The lowest BCUT2D eigenvalue weighted by atomic mass is 10.3. The van der Waals surface area contributed by atoms with Crippen molar-refractivity contribution in [1.29, 1.82) is 0 Å². The van der Waals surface area contributed by atoms with Crippen molar-refractivity contribution >= 4 is 39.2 Å². The highest BCUT2D eigenvalue weighted by Crippen LogP contribution is 2.24. The van der Waals surface area contributed by atoms with Crippen LogP contribution in [0.4, 0.5) is 10.5 Å². The molecule has 0 bridgehead atoms. The minimum atomic E-state index is -0.308. The van der Waals surface area contributed by atoms with Crippen LogP contribution in [0.2, 0.25) is 0 Å². The molecule has 23 heavy (non-hydrogen) atoms. The lowest BCUT2D eigenvalue weighted by Gasteiger charge is -2.07. The summed E-state index contributed by atoms with van der Waals surface area (Å²) < 4.78 is 2.35. The van der Waals surface area contributed by atoms with Gasteiger partial charge in [-0.2, -0.15) is 0 Å². The number of aromatic nitrogens is 3. The Bertz CT molecular complexity index is 841. The second kappa shape index (κ2) is 6.57. The summed E-state index contributed by atoms with van der Waals surface area (Å²) in [6.45, 7) is 2.20. The number of nitrogens with one attached hydrogen (secondary N) is 2. The lowest BCUT2D eigenvalue weighted by molar-refractivity contribution is -0.116. The van der Waals surface area contributed by atoms with Crippen molar-refractivity contribution < 1.29 is 9.59 Å². The number of carbonyl (C=O) groups is 2. The van der Waals surface area contributed by atoms with E-state index in [2.05, 4.69) is 20.6 Å². The van der Waals surface area contributed by atoms with Gasteiger partial charge in [-0.25, -0.2) is 14.8 Å². The molecular weight excluding hydrogens is 314 g/mol. The Morgan fingerprint density at radius 3 is 3.00 bits per heavy atom. The largest absolute Gasteiger partial charge is 0.337 e. The number of benzene rings is 1. The molecule has 0 saturated heterocycles. The summed E-state index contributed by atoms with van der Waals surface area (Å²) in [5, 5.41) is 6.46. The van der Waals surface area contributed by atoms with Gasteiger partial charge in [0.05, 0.1) is 15.2 Å². The zero-order valence-electron chi connectivity index (χ0n) is 12.4. The third kappa shape index (κ3) is 3.72. The average Bonchev–Trinajstić information content (AvgIpc) is 3.15. The Kier molecular flexibility index (Phi) is 4.33. The molecule has 2 N–H and O–H groups in total. The van der Waals surface area contributed by atoms with E-state index in [1.807, 2.05) is 25.1 Å². The van der Waals surface area contributed by atoms with Gasteiger partial charge in [-0.1, -0.05) is 0 Å². The van der Waals surface area contributed by atoms with E-state index in [1.165, 1.54) is 17.1 Å². The van der Waals surface area contributed by atoms with Crippen LogP contribution in [-0.2, 0) is 4.79 Å². The van der Waals surface area contributed by atoms with Crippen LogP contribution < -0.4 is 10.6 Å². The second-order valence-corrected chi connectivity index (χ2v) is 6.15. The molecule has 0 spiro atoms. The van der Waals surface area contributed by atoms with Gasteiger partial charge in [0.2, 0.25) is 5.91 Å². The zero-order chi connectivity index (χ0) is 16.2. The number of imidazole rings is 1. The summed E-state index contributed by atoms with van der Waals surface area (Å²) in [6, 6.07) is 5.30. The molecule has 0 radical (unpaired) electrons. The quantitative estimate of drug-likeness (QED) is 0.769. The van der Waals surface area contributed by atoms with E-state index >= 15 is 0 Å². The number of fused-ring (bicyclic) bond motifs is 1. The van der Waals surface area contributed by atoms with Crippen molar-refractivity contribution in [3.05, 3.63) is 41.9 Å². The number of hydrogen-bond acceptors (Lipinski definition) is 5. The molecule has 3 aromatic rings. The van der Waals surface area contributed by atoms with Gasteiger partial charge in [0, 0.05) is 31.0 Å². The number of anilines is 1. The van der Waals surface area contributed by atoms with Crippen LogP contribution in [0, 0.1) is 6.92 Å². The Hall–Kier alpha value is -2.74. The second-order valence-electron chi connectivity index (χ2n) is 4.92. The van der Waals surface area contributed by atoms with Crippen molar-refractivity contribution in [2.75, 3.05) is 11.9 Å². The van der Waals surface area contributed by atoms with Crippen LogP contribution in [-0.4, -0.2) is 33.0 Å². The van der Waals surface area contributed by atoms with E-state index in [-0.39, 0.29) is 24.9 Å². The predicted molar refractivity (Wildman–Crippen MR) is 88.6 cm³/mol. The monoisotopic (exact) mass is 329 g/mol. The molecule has 0 unspecified atom stereocenters. The molecule has 0 saturated carbocycles. The molecule has 3 rings (SSSR count). The van der Waals surface area contributed by atoms with Gasteiger partial charge >= 0.3 is 6.03 Å². The summed E-state index contributed by atoms with van der Waals surface area (Å²) >= 11 is 1.59. The maximum absolute atomic E-state index is 11.9. The average molecular weight is 329 g/mol. The van der Waals surface area contributed by atoms with Crippen molar-refractivity contribution in [1.82, 2.24) is 19.9 Å².